The van der Waals surface area contributed by atoms with Gasteiger partial charge in [0.2, 0.25) is 0 Å². The third-order valence-corrected chi connectivity index (χ3v) is 4.18. The summed E-state index contributed by atoms with van der Waals surface area (Å²) in [6.07, 6.45) is 0.803. The SMILES string of the molecule is CC1OCCN(C(=O)c2csc(CCN)n2)C1C. The molecule has 1 saturated heterocycles. The van der Waals surface area contributed by atoms with Crippen LogP contribution in [0.3, 0.4) is 0 Å². The third kappa shape index (κ3) is 2.71. The van der Waals surface area contributed by atoms with Gasteiger partial charge in [0.1, 0.15) is 5.69 Å². The van der Waals surface area contributed by atoms with Crippen LogP contribution in [-0.4, -0.2) is 47.6 Å². The fourth-order valence-corrected chi connectivity index (χ4v) is 2.80. The van der Waals surface area contributed by atoms with Crippen LogP contribution in [0.2, 0.25) is 0 Å². The zero-order valence-electron chi connectivity index (χ0n) is 10.8. The van der Waals surface area contributed by atoms with Crippen molar-refractivity contribution in [3.8, 4) is 0 Å². The van der Waals surface area contributed by atoms with Gasteiger partial charge in [-0.1, -0.05) is 0 Å². The molecule has 1 amide bonds. The monoisotopic (exact) mass is 269 g/mol. The average molecular weight is 269 g/mol. The van der Waals surface area contributed by atoms with Gasteiger partial charge in [-0.05, 0) is 20.4 Å². The second-order valence-electron chi connectivity index (χ2n) is 4.48. The number of nitrogens with zero attached hydrogens (tertiary/aromatic N) is 2. The lowest BCUT2D eigenvalue weighted by atomic mass is 10.1. The van der Waals surface area contributed by atoms with Crippen LogP contribution in [0.4, 0.5) is 0 Å². The zero-order valence-corrected chi connectivity index (χ0v) is 11.6. The quantitative estimate of drug-likeness (QED) is 0.885. The number of carbonyl (C=O) groups is 1. The smallest absolute Gasteiger partial charge is 0.273 e. The van der Waals surface area contributed by atoms with Gasteiger partial charge in [-0.25, -0.2) is 4.98 Å². The van der Waals surface area contributed by atoms with Crippen molar-refractivity contribution in [1.82, 2.24) is 9.88 Å². The van der Waals surface area contributed by atoms with E-state index in [0.29, 0.717) is 25.4 Å². The number of rotatable bonds is 3. The molecule has 2 N–H and O–H groups in total. The summed E-state index contributed by atoms with van der Waals surface area (Å²) in [6.45, 7) is 5.79. The van der Waals surface area contributed by atoms with E-state index in [4.69, 9.17) is 10.5 Å². The van der Waals surface area contributed by atoms with E-state index in [1.807, 2.05) is 24.1 Å². The van der Waals surface area contributed by atoms with Gasteiger partial charge >= 0.3 is 0 Å². The molecule has 2 heterocycles. The molecule has 6 heteroatoms. The molecule has 1 fully saturated rings. The van der Waals surface area contributed by atoms with E-state index >= 15 is 0 Å². The summed E-state index contributed by atoms with van der Waals surface area (Å²) in [5, 5.41) is 2.75. The van der Waals surface area contributed by atoms with Crippen LogP contribution in [0, 0.1) is 0 Å². The first-order chi connectivity index (χ1) is 8.63. The first-order valence-electron chi connectivity index (χ1n) is 6.20. The van der Waals surface area contributed by atoms with E-state index in [9.17, 15) is 4.79 Å². The molecule has 0 spiro atoms. The Kier molecular flexibility index (Phi) is 4.31. The summed E-state index contributed by atoms with van der Waals surface area (Å²) < 4.78 is 5.52. The molecule has 1 aromatic heterocycles. The highest BCUT2D eigenvalue weighted by atomic mass is 32.1. The standard InChI is InChI=1S/C12H19N3O2S/c1-8-9(2)17-6-5-15(8)12(16)10-7-18-11(14-10)3-4-13/h7-9H,3-6,13H2,1-2H3. The summed E-state index contributed by atoms with van der Waals surface area (Å²) in [5.74, 6) is -0.00262. The van der Waals surface area contributed by atoms with Crippen LogP contribution in [-0.2, 0) is 11.2 Å². The molecule has 2 unspecified atom stereocenters. The summed E-state index contributed by atoms with van der Waals surface area (Å²) >= 11 is 1.50. The molecule has 0 aliphatic carbocycles. The zero-order chi connectivity index (χ0) is 13.1. The Balaban J connectivity index is 2.09. The number of thiazole rings is 1. The largest absolute Gasteiger partial charge is 0.375 e. The van der Waals surface area contributed by atoms with Gasteiger partial charge in [0, 0.05) is 18.3 Å². The van der Waals surface area contributed by atoms with Gasteiger partial charge in [-0.2, -0.15) is 0 Å². The van der Waals surface area contributed by atoms with Crippen LogP contribution < -0.4 is 5.73 Å². The van der Waals surface area contributed by atoms with Gasteiger partial charge in [0.25, 0.3) is 5.91 Å². The molecule has 1 aliphatic rings. The molecule has 2 atom stereocenters. The van der Waals surface area contributed by atoms with E-state index in [2.05, 4.69) is 4.98 Å². The maximum absolute atomic E-state index is 12.4. The highest BCUT2D eigenvalue weighted by Crippen LogP contribution is 2.18. The van der Waals surface area contributed by atoms with Gasteiger partial charge in [0.05, 0.1) is 23.8 Å². The van der Waals surface area contributed by atoms with Crippen molar-refractivity contribution < 1.29 is 9.53 Å². The molecule has 0 saturated carbocycles. The number of aromatic nitrogens is 1. The molecule has 18 heavy (non-hydrogen) atoms. The predicted molar refractivity (Wildman–Crippen MR) is 70.8 cm³/mol. The fraction of sp³-hybridized carbons (Fsp3) is 0.667. The third-order valence-electron chi connectivity index (χ3n) is 3.27. The minimum absolute atomic E-state index is 0.00262. The predicted octanol–water partition coefficient (Wildman–Crippen LogP) is 0.894. The van der Waals surface area contributed by atoms with Gasteiger partial charge < -0.3 is 15.4 Å². The average Bonchev–Trinajstić information content (AvgIpc) is 2.81. The Morgan fingerprint density at radius 1 is 1.67 bits per heavy atom. The first-order valence-corrected chi connectivity index (χ1v) is 7.08. The van der Waals surface area contributed by atoms with E-state index in [1.54, 1.807) is 0 Å². The minimum atomic E-state index is -0.00262. The number of hydrogen-bond donors (Lipinski definition) is 1. The normalized spacial score (nSPS) is 24.3. The van der Waals surface area contributed by atoms with Crippen molar-refractivity contribution in [2.75, 3.05) is 19.7 Å². The van der Waals surface area contributed by atoms with Crippen molar-refractivity contribution >= 4 is 17.2 Å². The molecule has 1 aromatic rings. The van der Waals surface area contributed by atoms with Gasteiger partial charge in [0.15, 0.2) is 0 Å². The Labute approximate surface area is 111 Å². The maximum atomic E-state index is 12.4. The van der Waals surface area contributed by atoms with Crippen LogP contribution in [0.5, 0.6) is 0 Å². The fourth-order valence-electron chi connectivity index (χ4n) is 2.01. The summed E-state index contributed by atoms with van der Waals surface area (Å²) in [7, 11) is 0. The Morgan fingerprint density at radius 2 is 2.44 bits per heavy atom. The lowest BCUT2D eigenvalue weighted by Crippen LogP contribution is -2.51. The first kappa shape index (κ1) is 13.5. The lowest BCUT2D eigenvalue weighted by molar-refractivity contribution is -0.0442. The van der Waals surface area contributed by atoms with Crippen LogP contribution in [0.1, 0.15) is 29.3 Å². The van der Waals surface area contributed by atoms with E-state index < -0.39 is 0 Å². The Bertz CT molecular complexity index is 421. The molecule has 0 bridgehead atoms. The molecule has 100 valence electrons. The minimum Gasteiger partial charge on any atom is -0.375 e. The molecule has 2 rings (SSSR count). The van der Waals surface area contributed by atoms with E-state index in [0.717, 1.165) is 11.4 Å². The number of hydrogen-bond acceptors (Lipinski definition) is 5. The molecule has 0 aromatic carbocycles. The van der Waals surface area contributed by atoms with Crippen LogP contribution in [0.25, 0.3) is 0 Å². The number of morpholine rings is 1. The van der Waals surface area contributed by atoms with E-state index in [1.165, 1.54) is 11.3 Å². The lowest BCUT2D eigenvalue weighted by Gasteiger charge is -2.37. The Hall–Kier alpha value is -0.980. The van der Waals surface area contributed by atoms with Crippen molar-refractivity contribution in [2.45, 2.75) is 32.4 Å². The molecular formula is C12H19N3O2S. The van der Waals surface area contributed by atoms with Gasteiger partial charge in [-0.3, -0.25) is 4.79 Å². The Morgan fingerprint density at radius 3 is 3.17 bits per heavy atom. The molecule has 0 radical (unpaired) electrons. The highest BCUT2D eigenvalue weighted by molar-refractivity contribution is 7.09. The number of nitrogens with two attached hydrogens (primary N) is 1. The van der Waals surface area contributed by atoms with Crippen LogP contribution in [0.15, 0.2) is 5.38 Å². The highest BCUT2D eigenvalue weighted by Gasteiger charge is 2.30. The van der Waals surface area contributed by atoms with Crippen molar-refractivity contribution in [3.63, 3.8) is 0 Å². The maximum Gasteiger partial charge on any atom is 0.273 e. The number of carbonyl (C=O) groups excluding carboxylic acids is 1. The summed E-state index contributed by atoms with van der Waals surface area (Å²) in [6, 6.07) is 0.0888. The summed E-state index contributed by atoms with van der Waals surface area (Å²) in [4.78, 5) is 18.5. The van der Waals surface area contributed by atoms with Crippen molar-refractivity contribution in [1.29, 1.82) is 0 Å². The summed E-state index contributed by atoms with van der Waals surface area (Å²) in [5.41, 5.74) is 6.02. The molecule has 1 aliphatic heterocycles. The number of amides is 1. The topological polar surface area (TPSA) is 68.5 Å². The second kappa shape index (κ2) is 5.77. The van der Waals surface area contributed by atoms with E-state index in [-0.39, 0.29) is 18.1 Å². The van der Waals surface area contributed by atoms with Crippen molar-refractivity contribution in [3.05, 3.63) is 16.1 Å². The molecule has 5 nitrogen and oxygen atoms in total. The van der Waals surface area contributed by atoms with Gasteiger partial charge in [-0.15, -0.1) is 11.3 Å². The number of ether oxygens (including phenoxy) is 1. The molecular weight excluding hydrogens is 250 g/mol. The second-order valence-corrected chi connectivity index (χ2v) is 5.42. The van der Waals surface area contributed by atoms with Crippen LogP contribution >= 0.6 is 11.3 Å². The van der Waals surface area contributed by atoms with Crippen molar-refractivity contribution in [2.24, 2.45) is 5.73 Å².